The molecule has 5 N–H and O–H groups in total. The van der Waals surface area contributed by atoms with Gasteiger partial charge in [0, 0.05) is 6.42 Å². The van der Waals surface area contributed by atoms with Crippen molar-refractivity contribution >= 4 is 25.4 Å². The maximum absolute atomic E-state index is 11.7. The number of nitrogen functional groups attached to an aromatic ring is 1. The van der Waals surface area contributed by atoms with Gasteiger partial charge in [-0.3, -0.25) is 18.9 Å². The Kier molecular flexibility index (Phi) is 3.98. The summed E-state index contributed by atoms with van der Waals surface area (Å²) in [4.78, 5) is 30.7. The highest BCUT2D eigenvalue weighted by molar-refractivity contribution is 7.32. The third-order valence-corrected chi connectivity index (χ3v) is 3.75. The second kappa shape index (κ2) is 5.78. The minimum Gasteiger partial charge on any atom is -0.390 e. The second-order valence-electron chi connectivity index (χ2n) is 4.78. The molecule has 0 bridgehead atoms. The number of nitrogens with one attached hydrogen (secondary N) is 1. The number of nitrogens with zero attached hydrogens (tertiary/aromatic N) is 3. The molecular weight excluding hydrogens is 317 g/mol. The molecule has 0 aromatic carbocycles. The summed E-state index contributed by atoms with van der Waals surface area (Å²) < 4.78 is 22.2. The van der Waals surface area contributed by atoms with Crippen LogP contribution in [0.5, 0.6) is 0 Å². The van der Waals surface area contributed by atoms with Crippen LogP contribution in [0.25, 0.3) is 11.2 Å². The zero-order valence-corrected chi connectivity index (χ0v) is 12.2. The third-order valence-electron chi connectivity index (χ3n) is 3.34. The molecule has 2 aromatic heterocycles. The summed E-state index contributed by atoms with van der Waals surface area (Å²) in [6.45, 7) is -0.214. The molecule has 22 heavy (non-hydrogen) atoms. The first-order valence-electron chi connectivity index (χ1n) is 6.37. The number of imidazole rings is 1. The van der Waals surface area contributed by atoms with E-state index in [0.717, 1.165) is 0 Å². The lowest BCUT2D eigenvalue weighted by Crippen LogP contribution is -2.25. The highest BCUT2D eigenvalue weighted by atomic mass is 31.1. The number of aromatic nitrogens is 4. The smallest absolute Gasteiger partial charge is 0.316 e. The molecule has 4 atom stereocenters. The molecule has 2 aromatic rings. The zero-order valence-electron chi connectivity index (χ0n) is 11.2. The van der Waals surface area contributed by atoms with Crippen LogP contribution in [0.2, 0.25) is 0 Å². The van der Waals surface area contributed by atoms with Gasteiger partial charge in [-0.15, -0.1) is 0 Å². The Morgan fingerprint density at radius 2 is 2.41 bits per heavy atom. The number of anilines is 1. The Hall–Kier alpha value is -1.78. The predicted molar refractivity (Wildman–Crippen MR) is 74.3 cm³/mol. The summed E-state index contributed by atoms with van der Waals surface area (Å²) in [5.41, 5.74) is 5.37. The molecular formula is C10H14N5O6P. The van der Waals surface area contributed by atoms with Crippen LogP contribution in [0, 0.1) is 0 Å². The van der Waals surface area contributed by atoms with Crippen molar-refractivity contribution in [3.05, 3.63) is 16.7 Å². The van der Waals surface area contributed by atoms with Gasteiger partial charge < -0.3 is 25.0 Å². The van der Waals surface area contributed by atoms with Crippen LogP contribution in [0.4, 0.5) is 5.95 Å². The molecule has 1 unspecified atom stereocenters. The van der Waals surface area contributed by atoms with Gasteiger partial charge in [0.25, 0.3) is 5.56 Å². The maximum Gasteiger partial charge on any atom is 0.316 e. The van der Waals surface area contributed by atoms with Crippen LogP contribution < -0.4 is 11.3 Å². The standard InChI is InChI=1S/C10H14N5O6P/c11-10-13-8-7(9(17)14-10)12-3-15(8)6-1-4(16)5(21-6)2-20-22(18)19/h3-6,16,22H,1-2H2,(H,18,19)(H3,11,13,14,17)/t4-,5+,6+/m0/s1. The van der Waals surface area contributed by atoms with Crippen molar-refractivity contribution in [3.8, 4) is 0 Å². The Balaban J connectivity index is 1.86. The number of aliphatic hydroxyl groups is 1. The topological polar surface area (TPSA) is 166 Å². The van der Waals surface area contributed by atoms with Gasteiger partial charge in [0.1, 0.15) is 12.3 Å². The molecule has 3 rings (SSSR count). The van der Waals surface area contributed by atoms with Gasteiger partial charge in [-0.1, -0.05) is 0 Å². The number of nitrogens with two attached hydrogens (primary N) is 1. The number of aliphatic hydroxyl groups excluding tert-OH is 1. The van der Waals surface area contributed by atoms with E-state index < -0.39 is 32.2 Å². The third kappa shape index (κ3) is 2.76. The van der Waals surface area contributed by atoms with Crippen molar-refractivity contribution < 1.29 is 23.8 Å². The monoisotopic (exact) mass is 331 g/mol. The summed E-state index contributed by atoms with van der Waals surface area (Å²) >= 11 is 0. The molecule has 0 spiro atoms. The quantitative estimate of drug-likeness (QED) is 0.500. The summed E-state index contributed by atoms with van der Waals surface area (Å²) in [6.07, 6.45) is -0.725. The molecule has 1 fully saturated rings. The van der Waals surface area contributed by atoms with E-state index in [9.17, 15) is 14.5 Å². The van der Waals surface area contributed by atoms with E-state index in [1.54, 1.807) is 0 Å². The van der Waals surface area contributed by atoms with Crippen molar-refractivity contribution in [1.29, 1.82) is 0 Å². The second-order valence-corrected chi connectivity index (χ2v) is 5.60. The van der Waals surface area contributed by atoms with Crippen LogP contribution in [0.15, 0.2) is 11.1 Å². The number of ether oxygens (including phenoxy) is 1. The first kappa shape index (κ1) is 15.1. The van der Waals surface area contributed by atoms with Crippen LogP contribution in [-0.2, 0) is 13.8 Å². The molecule has 1 saturated heterocycles. The average molecular weight is 331 g/mol. The van der Waals surface area contributed by atoms with Crippen LogP contribution >= 0.6 is 8.25 Å². The van der Waals surface area contributed by atoms with E-state index >= 15 is 0 Å². The molecule has 3 heterocycles. The fraction of sp³-hybridized carbons (Fsp3) is 0.500. The Labute approximate surface area is 123 Å². The van der Waals surface area contributed by atoms with E-state index in [2.05, 4.69) is 19.5 Å². The number of aromatic amines is 1. The fourth-order valence-electron chi connectivity index (χ4n) is 2.34. The molecule has 11 nitrogen and oxygen atoms in total. The van der Waals surface area contributed by atoms with Gasteiger partial charge in [-0.2, -0.15) is 4.98 Å². The molecule has 0 amide bonds. The van der Waals surface area contributed by atoms with Crippen molar-refractivity contribution in [3.63, 3.8) is 0 Å². The normalized spacial score (nSPS) is 26.5. The number of H-pyrrole nitrogens is 1. The minimum atomic E-state index is -3.10. The molecule has 1 aliphatic rings. The first-order valence-corrected chi connectivity index (χ1v) is 7.63. The van der Waals surface area contributed by atoms with E-state index in [1.165, 1.54) is 10.9 Å². The number of hydrogen-bond donors (Lipinski definition) is 4. The molecule has 0 saturated carbocycles. The average Bonchev–Trinajstić information content (AvgIpc) is 3.00. The van der Waals surface area contributed by atoms with Crippen molar-refractivity contribution in [2.45, 2.75) is 24.9 Å². The van der Waals surface area contributed by atoms with Gasteiger partial charge in [0.2, 0.25) is 5.95 Å². The number of hydrogen-bond acceptors (Lipinski definition) is 8. The van der Waals surface area contributed by atoms with Crippen molar-refractivity contribution in [1.82, 2.24) is 19.5 Å². The number of fused-ring (bicyclic) bond motifs is 1. The molecule has 120 valence electrons. The highest BCUT2D eigenvalue weighted by Gasteiger charge is 2.36. The van der Waals surface area contributed by atoms with Gasteiger partial charge in [0.15, 0.2) is 11.2 Å². The van der Waals surface area contributed by atoms with Gasteiger partial charge in [-0.25, -0.2) is 4.98 Å². The van der Waals surface area contributed by atoms with Crippen LogP contribution in [-0.4, -0.2) is 48.3 Å². The molecule has 0 radical (unpaired) electrons. The van der Waals surface area contributed by atoms with Crippen molar-refractivity contribution in [2.24, 2.45) is 0 Å². The molecule has 0 aliphatic carbocycles. The minimum absolute atomic E-state index is 0.0587. The van der Waals surface area contributed by atoms with E-state index in [1.807, 2.05) is 0 Å². The summed E-state index contributed by atoms with van der Waals surface area (Å²) in [7, 11) is -3.10. The lowest BCUT2D eigenvalue weighted by Gasteiger charge is -2.15. The van der Waals surface area contributed by atoms with E-state index in [4.69, 9.17) is 15.4 Å². The highest BCUT2D eigenvalue weighted by Crippen LogP contribution is 2.31. The Morgan fingerprint density at radius 1 is 1.64 bits per heavy atom. The summed E-state index contributed by atoms with van der Waals surface area (Å²) in [5.74, 6) is -0.0587. The van der Waals surface area contributed by atoms with Crippen LogP contribution in [0.3, 0.4) is 0 Å². The lowest BCUT2D eigenvalue weighted by atomic mass is 10.2. The van der Waals surface area contributed by atoms with Crippen molar-refractivity contribution in [2.75, 3.05) is 12.3 Å². The summed E-state index contributed by atoms with van der Waals surface area (Å²) in [6, 6.07) is 0. The van der Waals surface area contributed by atoms with Crippen LogP contribution in [0.1, 0.15) is 12.6 Å². The van der Waals surface area contributed by atoms with E-state index in [0.29, 0.717) is 0 Å². The van der Waals surface area contributed by atoms with Gasteiger partial charge in [0.05, 0.1) is 19.0 Å². The van der Waals surface area contributed by atoms with E-state index in [-0.39, 0.29) is 30.1 Å². The first-order chi connectivity index (χ1) is 10.5. The SMILES string of the molecule is Nc1nc2c(ncn2[C@H]2C[C@H](O)[C@@H](CO[PH](=O)O)O2)c(=O)[nH]1. The maximum atomic E-state index is 11.7. The van der Waals surface area contributed by atoms with Gasteiger partial charge >= 0.3 is 8.25 Å². The zero-order chi connectivity index (χ0) is 15.9. The molecule has 1 aliphatic heterocycles. The summed E-state index contributed by atoms with van der Waals surface area (Å²) in [5, 5.41) is 9.93. The fourth-order valence-corrected chi connectivity index (χ4v) is 2.65. The van der Waals surface area contributed by atoms with Gasteiger partial charge in [-0.05, 0) is 0 Å². The number of rotatable bonds is 4. The molecule has 12 heteroatoms. The largest absolute Gasteiger partial charge is 0.390 e. The Bertz CT molecular complexity index is 775. The lowest BCUT2D eigenvalue weighted by molar-refractivity contribution is -0.0384. The predicted octanol–water partition coefficient (Wildman–Crippen LogP) is -1.25. The Morgan fingerprint density at radius 3 is 3.14 bits per heavy atom.